The standard InChI is InChI=1S/C14H21N5O3/c1-21-13(20)11-10-12(18-4-2-15-3-5-18)17-14(16-11)19-6-8-22-9-7-19/h10,15H,2-9H2,1H3. The quantitative estimate of drug-likeness (QED) is 0.749. The number of nitrogens with zero attached hydrogens (tertiary/aromatic N) is 4. The van der Waals surface area contributed by atoms with Crippen LogP contribution in [0.4, 0.5) is 11.8 Å². The van der Waals surface area contributed by atoms with Gasteiger partial charge in [0, 0.05) is 45.3 Å². The number of hydrogen-bond donors (Lipinski definition) is 1. The van der Waals surface area contributed by atoms with Gasteiger partial charge in [0.1, 0.15) is 5.82 Å². The fourth-order valence-corrected chi connectivity index (χ4v) is 2.59. The lowest BCUT2D eigenvalue weighted by atomic mass is 10.3. The Kier molecular flexibility index (Phi) is 4.69. The van der Waals surface area contributed by atoms with E-state index in [1.54, 1.807) is 6.07 Å². The lowest BCUT2D eigenvalue weighted by Crippen LogP contribution is -2.44. The molecule has 2 aliphatic heterocycles. The first-order chi connectivity index (χ1) is 10.8. The summed E-state index contributed by atoms with van der Waals surface area (Å²) < 4.78 is 10.2. The number of rotatable bonds is 3. The predicted molar refractivity (Wildman–Crippen MR) is 81.5 cm³/mol. The van der Waals surface area contributed by atoms with E-state index in [1.165, 1.54) is 7.11 Å². The highest BCUT2D eigenvalue weighted by Crippen LogP contribution is 2.19. The van der Waals surface area contributed by atoms with E-state index in [-0.39, 0.29) is 0 Å². The fourth-order valence-electron chi connectivity index (χ4n) is 2.59. The zero-order valence-electron chi connectivity index (χ0n) is 12.7. The van der Waals surface area contributed by atoms with Crippen LogP contribution in [0.25, 0.3) is 0 Å². The molecular weight excluding hydrogens is 286 g/mol. The van der Waals surface area contributed by atoms with E-state index in [1.807, 2.05) is 4.90 Å². The number of esters is 1. The highest BCUT2D eigenvalue weighted by molar-refractivity contribution is 5.88. The molecule has 0 amide bonds. The fraction of sp³-hybridized carbons (Fsp3) is 0.643. The molecular formula is C14H21N5O3. The summed E-state index contributed by atoms with van der Waals surface area (Å²) in [6.45, 7) is 6.29. The minimum atomic E-state index is -0.437. The van der Waals surface area contributed by atoms with Crippen molar-refractivity contribution in [3.05, 3.63) is 11.8 Å². The number of ether oxygens (including phenoxy) is 2. The Labute approximate surface area is 129 Å². The molecule has 0 unspecified atom stereocenters. The molecule has 8 nitrogen and oxygen atoms in total. The van der Waals surface area contributed by atoms with Crippen LogP contribution in [0.3, 0.4) is 0 Å². The molecule has 0 saturated carbocycles. The lowest BCUT2D eigenvalue weighted by Gasteiger charge is -2.31. The Morgan fingerprint density at radius 3 is 2.59 bits per heavy atom. The first-order valence-electron chi connectivity index (χ1n) is 7.53. The average molecular weight is 307 g/mol. The number of carbonyl (C=O) groups excluding carboxylic acids is 1. The van der Waals surface area contributed by atoms with Gasteiger partial charge in [0.2, 0.25) is 5.95 Å². The Bertz CT molecular complexity index is 491. The minimum Gasteiger partial charge on any atom is -0.464 e. The Hall–Kier alpha value is -1.93. The van der Waals surface area contributed by atoms with Crippen LogP contribution in [-0.4, -0.2) is 75.5 Å². The van der Waals surface area contributed by atoms with Crippen LogP contribution in [0.1, 0.15) is 10.5 Å². The highest BCUT2D eigenvalue weighted by atomic mass is 16.5. The number of piperazine rings is 1. The molecule has 2 saturated heterocycles. The predicted octanol–water partition coefficient (Wildman–Crippen LogP) is -0.491. The summed E-state index contributed by atoms with van der Waals surface area (Å²) in [7, 11) is 1.36. The third-order valence-electron chi connectivity index (χ3n) is 3.83. The molecule has 0 aliphatic carbocycles. The molecule has 1 N–H and O–H groups in total. The molecule has 0 radical (unpaired) electrons. The molecule has 0 atom stereocenters. The molecule has 1 aromatic rings. The van der Waals surface area contributed by atoms with E-state index in [0.29, 0.717) is 24.9 Å². The van der Waals surface area contributed by atoms with Gasteiger partial charge in [-0.25, -0.2) is 9.78 Å². The number of nitrogens with one attached hydrogen (secondary N) is 1. The average Bonchev–Trinajstić information content (AvgIpc) is 2.62. The van der Waals surface area contributed by atoms with Gasteiger partial charge in [-0.15, -0.1) is 0 Å². The monoisotopic (exact) mass is 307 g/mol. The normalized spacial score (nSPS) is 19.1. The number of methoxy groups -OCH3 is 1. The van der Waals surface area contributed by atoms with Gasteiger partial charge in [0.25, 0.3) is 0 Å². The summed E-state index contributed by atoms with van der Waals surface area (Å²) in [4.78, 5) is 25.1. The summed E-state index contributed by atoms with van der Waals surface area (Å²) in [6, 6.07) is 1.71. The Morgan fingerprint density at radius 1 is 1.18 bits per heavy atom. The summed E-state index contributed by atoms with van der Waals surface area (Å²) in [5.41, 5.74) is 0.299. The van der Waals surface area contributed by atoms with E-state index < -0.39 is 5.97 Å². The summed E-state index contributed by atoms with van der Waals surface area (Å²) in [5.74, 6) is 0.909. The van der Waals surface area contributed by atoms with Crippen LogP contribution in [0.2, 0.25) is 0 Å². The van der Waals surface area contributed by atoms with Crippen molar-refractivity contribution in [2.75, 3.05) is 69.4 Å². The van der Waals surface area contributed by atoms with E-state index in [2.05, 4.69) is 20.2 Å². The van der Waals surface area contributed by atoms with Crippen LogP contribution in [-0.2, 0) is 9.47 Å². The maximum Gasteiger partial charge on any atom is 0.356 e. The zero-order valence-corrected chi connectivity index (χ0v) is 12.7. The largest absolute Gasteiger partial charge is 0.464 e. The van der Waals surface area contributed by atoms with Crippen molar-refractivity contribution in [2.24, 2.45) is 0 Å². The topological polar surface area (TPSA) is 79.8 Å². The van der Waals surface area contributed by atoms with Gasteiger partial charge in [-0.1, -0.05) is 0 Å². The van der Waals surface area contributed by atoms with E-state index >= 15 is 0 Å². The van der Waals surface area contributed by atoms with E-state index in [0.717, 1.165) is 45.1 Å². The van der Waals surface area contributed by atoms with Crippen molar-refractivity contribution >= 4 is 17.7 Å². The van der Waals surface area contributed by atoms with Gasteiger partial charge >= 0.3 is 5.97 Å². The Balaban J connectivity index is 1.91. The summed E-state index contributed by atoms with van der Waals surface area (Å²) in [6.07, 6.45) is 0. The summed E-state index contributed by atoms with van der Waals surface area (Å²) >= 11 is 0. The first kappa shape index (κ1) is 15.0. The second-order valence-electron chi connectivity index (χ2n) is 5.24. The molecule has 8 heteroatoms. The third-order valence-corrected chi connectivity index (χ3v) is 3.83. The molecule has 22 heavy (non-hydrogen) atoms. The molecule has 2 aliphatic rings. The molecule has 2 fully saturated rings. The smallest absolute Gasteiger partial charge is 0.356 e. The number of aromatic nitrogens is 2. The Morgan fingerprint density at radius 2 is 1.91 bits per heavy atom. The third kappa shape index (κ3) is 3.28. The number of carbonyl (C=O) groups is 1. The number of anilines is 2. The zero-order chi connectivity index (χ0) is 15.4. The van der Waals surface area contributed by atoms with Gasteiger partial charge in [0.05, 0.1) is 20.3 Å². The molecule has 1 aromatic heterocycles. The summed E-state index contributed by atoms with van der Waals surface area (Å²) in [5, 5.41) is 3.31. The SMILES string of the molecule is COC(=O)c1cc(N2CCNCC2)nc(N2CCOCC2)n1. The maximum atomic E-state index is 11.9. The van der Waals surface area contributed by atoms with E-state index in [9.17, 15) is 4.79 Å². The van der Waals surface area contributed by atoms with Crippen molar-refractivity contribution < 1.29 is 14.3 Å². The van der Waals surface area contributed by atoms with Gasteiger partial charge in [-0.2, -0.15) is 4.98 Å². The van der Waals surface area contributed by atoms with Gasteiger partial charge in [-0.05, 0) is 0 Å². The maximum absolute atomic E-state index is 11.9. The first-order valence-corrected chi connectivity index (χ1v) is 7.53. The lowest BCUT2D eigenvalue weighted by molar-refractivity contribution is 0.0594. The molecule has 3 heterocycles. The second-order valence-corrected chi connectivity index (χ2v) is 5.24. The van der Waals surface area contributed by atoms with Crippen LogP contribution >= 0.6 is 0 Å². The van der Waals surface area contributed by atoms with Gasteiger partial charge in [-0.3, -0.25) is 0 Å². The van der Waals surface area contributed by atoms with Crippen molar-refractivity contribution in [3.8, 4) is 0 Å². The van der Waals surface area contributed by atoms with E-state index in [4.69, 9.17) is 9.47 Å². The van der Waals surface area contributed by atoms with Crippen molar-refractivity contribution in [1.82, 2.24) is 15.3 Å². The molecule has 0 bridgehead atoms. The van der Waals surface area contributed by atoms with Crippen LogP contribution in [0.5, 0.6) is 0 Å². The molecule has 120 valence electrons. The second kappa shape index (κ2) is 6.89. The highest BCUT2D eigenvalue weighted by Gasteiger charge is 2.21. The van der Waals surface area contributed by atoms with Gasteiger partial charge < -0.3 is 24.6 Å². The number of hydrogen-bond acceptors (Lipinski definition) is 8. The van der Waals surface area contributed by atoms with Crippen molar-refractivity contribution in [3.63, 3.8) is 0 Å². The van der Waals surface area contributed by atoms with Crippen LogP contribution in [0, 0.1) is 0 Å². The number of morpholine rings is 1. The van der Waals surface area contributed by atoms with Gasteiger partial charge in [0.15, 0.2) is 5.69 Å². The molecule has 3 rings (SSSR count). The molecule has 0 aromatic carbocycles. The molecule has 0 spiro atoms. The van der Waals surface area contributed by atoms with Crippen molar-refractivity contribution in [1.29, 1.82) is 0 Å². The van der Waals surface area contributed by atoms with Crippen molar-refractivity contribution in [2.45, 2.75) is 0 Å². The minimum absolute atomic E-state index is 0.299. The van der Waals surface area contributed by atoms with Crippen LogP contribution < -0.4 is 15.1 Å². The van der Waals surface area contributed by atoms with Crippen LogP contribution in [0.15, 0.2) is 6.07 Å².